The fourth-order valence-corrected chi connectivity index (χ4v) is 4.33. The molecule has 0 fully saturated rings. The molecule has 3 heterocycles. The van der Waals surface area contributed by atoms with E-state index in [1.54, 1.807) is 23.6 Å². The lowest BCUT2D eigenvalue weighted by Crippen LogP contribution is -2.37. The van der Waals surface area contributed by atoms with Crippen LogP contribution in [0.3, 0.4) is 0 Å². The predicted octanol–water partition coefficient (Wildman–Crippen LogP) is 3.54. The van der Waals surface area contributed by atoms with E-state index in [0.29, 0.717) is 27.0 Å². The SMILES string of the molecule is Cc1ccc(-c2cn3c4c(=O)n(C)c(=O)n(C)c4nc3n2-c2cc(Cl)c(N)c(Cl)c2)cc1. The zero-order valence-electron chi connectivity index (χ0n) is 17.4. The molecule has 2 N–H and O–H groups in total. The van der Waals surface area contributed by atoms with E-state index < -0.39 is 11.2 Å². The molecule has 0 radical (unpaired) electrons. The van der Waals surface area contributed by atoms with Crippen molar-refractivity contribution in [3.63, 3.8) is 0 Å². The van der Waals surface area contributed by atoms with Gasteiger partial charge in [0.15, 0.2) is 11.2 Å². The number of hydrogen-bond donors (Lipinski definition) is 1. The molecule has 2 aromatic carbocycles. The molecule has 0 atom stereocenters. The van der Waals surface area contributed by atoms with Gasteiger partial charge in [-0.1, -0.05) is 53.0 Å². The molecule has 162 valence electrons. The van der Waals surface area contributed by atoms with Crippen LogP contribution in [0.4, 0.5) is 5.69 Å². The van der Waals surface area contributed by atoms with Crippen molar-refractivity contribution in [2.24, 2.45) is 14.1 Å². The minimum Gasteiger partial charge on any atom is -0.396 e. The number of anilines is 1. The molecule has 0 aliphatic heterocycles. The highest BCUT2D eigenvalue weighted by Crippen LogP contribution is 2.34. The van der Waals surface area contributed by atoms with Crippen molar-refractivity contribution in [3.8, 4) is 16.9 Å². The number of imidazole rings is 2. The van der Waals surface area contributed by atoms with Gasteiger partial charge in [0.05, 0.1) is 27.1 Å². The second kappa shape index (κ2) is 7.01. The summed E-state index contributed by atoms with van der Waals surface area (Å²) in [7, 11) is 3.03. The van der Waals surface area contributed by atoms with Crippen LogP contribution in [0.25, 0.3) is 33.9 Å². The average Bonchev–Trinajstić information content (AvgIpc) is 3.31. The topological polar surface area (TPSA) is 92.2 Å². The zero-order valence-corrected chi connectivity index (χ0v) is 18.9. The molecule has 0 aliphatic rings. The van der Waals surface area contributed by atoms with E-state index in [1.807, 2.05) is 42.0 Å². The van der Waals surface area contributed by atoms with E-state index in [-0.39, 0.29) is 11.3 Å². The summed E-state index contributed by atoms with van der Waals surface area (Å²) >= 11 is 12.7. The predicted molar refractivity (Wildman–Crippen MR) is 127 cm³/mol. The van der Waals surface area contributed by atoms with Crippen molar-refractivity contribution < 1.29 is 0 Å². The van der Waals surface area contributed by atoms with Crippen molar-refractivity contribution in [3.05, 3.63) is 79.0 Å². The minimum atomic E-state index is -0.452. The van der Waals surface area contributed by atoms with Gasteiger partial charge < -0.3 is 5.73 Å². The van der Waals surface area contributed by atoms with Gasteiger partial charge in [0, 0.05) is 25.9 Å². The second-order valence-electron chi connectivity index (χ2n) is 7.70. The van der Waals surface area contributed by atoms with Crippen LogP contribution in [0.15, 0.2) is 52.2 Å². The summed E-state index contributed by atoms with van der Waals surface area (Å²) < 4.78 is 5.94. The van der Waals surface area contributed by atoms with Crippen molar-refractivity contribution in [2.45, 2.75) is 6.92 Å². The number of halogens is 2. The molecule has 5 rings (SSSR count). The second-order valence-corrected chi connectivity index (χ2v) is 8.51. The first-order chi connectivity index (χ1) is 15.2. The average molecular weight is 469 g/mol. The molecule has 8 nitrogen and oxygen atoms in total. The van der Waals surface area contributed by atoms with Crippen molar-refractivity contribution in [2.75, 3.05) is 5.73 Å². The lowest BCUT2D eigenvalue weighted by molar-refractivity contribution is 0.708. The quantitative estimate of drug-likeness (QED) is 0.401. The first kappa shape index (κ1) is 20.4. The molecular formula is C22H18Cl2N6O2. The Morgan fingerprint density at radius 3 is 2.22 bits per heavy atom. The van der Waals surface area contributed by atoms with Crippen LogP contribution in [0, 0.1) is 6.92 Å². The largest absolute Gasteiger partial charge is 0.396 e. The molecule has 5 aromatic rings. The van der Waals surface area contributed by atoms with E-state index in [9.17, 15) is 9.59 Å². The van der Waals surface area contributed by atoms with Crippen molar-refractivity contribution >= 4 is 45.8 Å². The molecule has 0 aliphatic carbocycles. The van der Waals surface area contributed by atoms with Gasteiger partial charge in [0.25, 0.3) is 5.56 Å². The highest BCUT2D eigenvalue weighted by Gasteiger charge is 2.22. The molecular weight excluding hydrogens is 451 g/mol. The number of aromatic nitrogens is 5. The molecule has 0 amide bonds. The molecule has 0 saturated heterocycles. The smallest absolute Gasteiger partial charge is 0.332 e. The van der Waals surface area contributed by atoms with Gasteiger partial charge in [0.2, 0.25) is 5.78 Å². The summed E-state index contributed by atoms with van der Waals surface area (Å²) in [5.74, 6) is 0.436. The monoisotopic (exact) mass is 468 g/mol. The lowest BCUT2D eigenvalue weighted by atomic mass is 10.1. The Morgan fingerprint density at radius 1 is 0.969 bits per heavy atom. The molecule has 0 spiro atoms. The zero-order chi connectivity index (χ0) is 22.9. The molecule has 0 bridgehead atoms. The molecule has 0 unspecified atom stereocenters. The fourth-order valence-electron chi connectivity index (χ4n) is 3.85. The Labute approximate surface area is 191 Å². The highest BCUT2D eigenvalue weighted by atomic mass is 35.5. The van der Waals surface area contributed by atoms with E-state index in [4.69, 9.17) is 28.9 Å². The number of benzene rings is 2. The number of rotatable bonds is 2. The molecule has 10 heteroatoms. The summed E-state index contributed by atoms with van der Waals surface area (Å²) in [6.45, 7) is 2.01. The summed E-state index contributed by atoms with van der Waals surface area (Å²) in [6, 6.07) is 11.3. The summed E-state index contributed by atoms with van der Waals surface area (Å²) in [5, 5.41) is 0.599. The van der Waals surface area contributed by atoms with Crippen LogP contribution >= 0.6 is 23.2 Å². The van der Waals surface area contributed by atoms with Gasteiger partial charge in [0.1, 0.15) is 0 Å². The number of nitrogen functional groups attached to an aromatic ring is 1. The summed E-state index contributed by atoms with van der Waals surface area (Å²) in [6.07, 6.45) is 1.82. The Balaban J connectivity index is 1.97. The number of aryl methyl sites for hydroxylation is 2. The van der Waals surface area contributed by atoms with Gasteiger partial charge in [-0.2, -0.15) is 4.98 Å². The van der Waals surface area contributed by atoms with Crippen LogP contribution in [-0.4, -0.2) is 23.1 Å². The maximum absolute atomic E-state index is 13.0. The Bertz CT molecular complexity index is 1650. The van der Waals surface area contributed by atoms with Crippen LogP contribution < -0.4 is 17.0 Å². The normalized spacial score (nSPS) is 11.7. The Morgan fingerprint density at radius 2 is 1.59 bits per heavy atom. The number of fused-ring (bicyclic) bond motifs is 3. The third-order valence-corrected chi connectivity index (χ3v) is 6.26. The van der Waals surface area contributed by atoms with E-state index >= 15 is 0 Å². The maximum atomic E-state index is 13.0. The molecule has 3 aromatic heterocycles. The third-order valence-electron chi connectivity index (χ3n) is 5.63. The first-order valence-corrected chi connectivity index (χ1v) is 10.5. The third kappa shape index (κ3) is 2.80. The highest BCUT2D eigenvalue weighted by molar-refractivity contribution is 6.39. The molecule has 32 heavy (non-hydrogen) atoms. The van der Waals surface area contributed by atoms with Crippen molar-refractivity contribution in [1.29, 1.82) is 0 Å². The number of nitrogens with two attached hydrogens (primary N) is 1. The van der Waals surface area contributed by atoms with E-state index in [0.717, 1.165) is 21.4 Å². The minimum absolute atomic E-state index is 0.280. The number of hydrogen-bond acceptors (Lipinski definition) is 4. The fraction of sp³-hybridized carbons (Fsp3) is 0.136. The van der Waals surface area contributed by atoms with Gasteiger partial charge in [-0.3, -0.25) is 22.9 Å². The first-order valence-electron chi connectivity index (χ1n) is 9.70. The van der Waals surface area contributed by atoms with Crippen molar-refractivity contribution in [1.82, 2.24) is 23.1 Å². The summed E-state index contributed by atoms with van der Waals surface area (Å²) in [4.78, 5) is 30.1. The maximum Gasteiger partial charge on any atom is 0.332 e. The lowest BCUT2D eigenvalue weighted by Gasteiger charge is -2.12. The van der Waals surface area contributed by atoms with Gasteiger partial charge >= 0.3 is 5.69 Å². The van der Waals surface area contributed by atoms with Crippen LogP contribution in [0.1, 0.15) is 5.56 Å². The standard InChI is InChI=1S/C22H18Cl2N6O2/c1-11-4-6-12(7-5-11)16-10-29-18-19(27(2)22(32)28(3)20(18)31)26-21(29)30(16)13-8-14(23)17(25)15(24)9-13/h4-10H,25H2,1-3H3. The van der Waals surface area contributed by atoms with Gasteiger partial charge in [-0.05, 0) is 19.1 Å². The van der Waals surface area contributed by atoms with Gasteiger partial charge in [-0.15, -0.1) is 0 Å². The number of nitrogens with zero attached hydrogens (tertiary/aromatic N) is 5. The van der Waals surface area contributed by atoms with E-state index in [2.05, 4.69) is 4.98 Å². The van der Waals surface area contributed by atoms with Crippen LogP contribution in [-0.2, 0) is 14.1 Å². The Kier molecular flexibility index (Phi) is 4.47. The van der Waals surface area contributed by atoms with E-state index in [1.165, 1.54) is 11.6 Å². The Hall–Kier alpha value is -3.49. The summed E-state index contributed by atoms with van der Waals surface area (Å²) in [5.41, 5.74) is 9.32. The van der Waals surface area contributed by atoms with Crippen LogP contribution in [0.5, 0.6) is 0 Å². The molecule has 0 saturated carbocycles. The van der Waals surface area contributed by atoms with Gasteiger partial charge in [-0.25, -0.2) is 4.79 Å². The van der Waals surface area contributed by atoms with Crippen LogP contribution in [0.2, 0.25) is 10.0 Å².